The van der Waals surface area contributed by atoms with Gasteiger partial charge >= 0.3 is 0 Å². The second-order valence-corrected chi connectivity index (χ2v) is 9.72. The second-order valence-electron chi connectivity index (χ2n) is 9.72. The zero-order valence-corrected chi connectivity index (χ0v) is 19.4. The molecule has 172 valence electrons. The Hall–Kier alpha value is -2.40. The fourth-order valence-corrected chi connectivity index (χ4v) is 5.07. The predicted octanol–water partition coefficient (Wildman–Crippen LogP) is 5.15. The summed E-state index contributed by atoms with van der Waals surface area (Å²) in [4.78, 5) is 17.8. The average Bonchev–Trinajstić information content (AvgIpc) is 2.81. The topological polar surface area (TPSA) is 35.6 Å². The molecule has 0 unspecified atom stereocenters. The van der Waals surface area contributed by atoms with Crippen molar-refractivity contribution in [3.8, 4) is 0 Å². The van der Waals surface area contributed by atoms with E-state index < -0.39 is 0 Å². The Morgan fingerprint density at radius 1 is 1.03 bits per heavy atom. The van der Waals surface area contributed by atoms with E-state index in [1.54, 1.807) is 0 Å². The number of carbonyl (C=O) groups is 1. The lowest BCUT2D eigenvalue weighted by Crippen LogP contribution is -2.43. The number of rotatable bonds is 6. The number of benzene rings is 2. The van der Waals surface area contributed by atoms with Crippen LogP contribution in [-0.2, 0) is 11.3 Å². The van der Waals surface area contributed by atoms with Gasteiger partial charge in [0.1, 0.15) is 5.82 Å². The minimum Gasteiger partial charge on any atom is -0.371 e. The second kappa shape index (κ2) is 10.5. The number of hydrogen-bond acceptors (Lipinski definition) is 3. The molecular formula is C27H36FN3O. The van der Waals surface area contributed by atoms with Crippen LogP contribution in [0.1, 0.15) is 56.7 Å². The summed E-state index contributed by atoms with van der Waals surface area (Å²) in [5.74, 6) is 0.674. The molecule has 0 bridgehead atoms. The molecule has 3 atom stereocenters. The molecule has 2 saturated heterocycles. The van der Waals surface area contributed by atoms with Crippen LogP contribution in [0.15, 0.2) is 48.5 Å². The molecule has 0 aliphatic carbocycles. The Balaban J connectivity index is 1.30. The third-order valence-electron chi connectivity index (χ3n) is 6.97. The number of amides is 1. The van der Waals surface area contributed by atoms with Gasteiger partial charge in [-0.1, -0.05) is 31.2 Å². The highest BCUT2D eigenvalue weighted by Crippen LogP contribution is 2.25. The third-order valence-corrected chi connectivity index (χ3v) is 6.97. The van der Waals surface area contributed by atoms with E-state index in [2.05, 4.69) is 53.2 Å². The summed E-state index contributed by atoms with van der Waals surface area (Å²) in [6.45, 7) is 9.14. The van der Waals surface area contributed by atoms with E-state index in [0.717, 1.165) is 62.6 Å². The van der Waals surface area contributed by atoms with E-state index >= 15 is 0 Å². The van der Waals surface area contributed by atoms with Crippen molar-refractivity contribution in [3.63, 3.8) is 0 Å². The Labute approximate surface area is 191 Å². The fraction of sp³-hybridized carbons (Fsp3) is 0.519. The molecule has 2 aromatic rings. The van der Waals surface area contributed by atoms with Crippen LogP contribution in [-0.4, -0.2) is 37.0 Å². The van der Waals surface area contributed by atoms with Crippen LogP contribution >= 0.6 is 0 Å². The van der Waals surface area contributed by atoms with Gasteiger partial charge in [-0.15, -0.1) is 0 Å². The van der Waals surface area contributed by atoms with Gasteiger partial charge in [-0.25, -0.2) is 4.39 Å². The van der Waals surface area contributed by atoms with E-state index in [1.165, 1.54) is 30.7 Å². The highest BCUT2D eigenvalue weighted by Gasteiger charge is 2.27. The maximum atomic E-state index is 13.2. The molecule has 4 rings (SSSR count). The molecule has 2 heterocycles. The summed E-state index contributed by atoms with van der Waals surface area (Å²) in [6.07, 6.45) is 4.51. The highest BCUT2D eigenvalue weighted by atomic mass is 19.1. The van der Waals surface area contributed by atoms with Crippen LogP contribution < -0.4 is 10.2 Å². The number of likely N-dealkylation sites (tertiary alicyclic amines) is 1. The van der Waals surface area contributed by atoms with Gasteiger partial charge in [0.25, 0.3) is 0 Å². The van der Waals surface area contributed by atoms with Crippen LogP contribution in [0.25, 0.3) is 0 Å². The summed E-state index contributed by atoms with van der Waals surface area (Å²) < 4.78 is 13.2. The van der Waals surface area contributed by atoms with Crippen LogP contribution in [0.5, 0.6) is 0 Å². The molecule has 32 heavy (non-hydrogen) atoms. The van der Waals surface area contributed by atoms with Crippen LogP contribution in [0, 0.1) is 17.7 Å². The van der Waals surface area contributed by atoms with Gasteiger partial charge in [-0.05, 0) is 80.5 Å². The first-order chi connectivity index (χ1) is 15.5. The number of hydrogen-bond donors (Lipinski definition) is 1. The number of piperidine rings is 2. The van der Waals surface area contributed by atoms with E-state index in [-0.39, 0.29) is 23.7 Å². The summed E-state index contributed by atoms with van der Waals surface area (Å²) in [5.41, 5.74) is 3.51. The van der Waals surface area contributed by atoms with Gasteiger partial charge in [0.05, 0.1) is 12.0 Å². The van der Waals surface area contributed by atoms with Gasteiger partial charge in [0.2, 0.25) is 5.91 Å². The Bertz CT molecular complexity index is 883. The number of carbonyl (C=O) groups excluding carboxylic acids is 1. The molecule has 1 amide bonds. The summed E-state index contributed by atoms with van der Waals surface area (Å²) >= 11 is 0. The molecule has 4 nitrogen and oxygen atoms in total. The Morgan fingerprint density at radius 2 is 1.75 bits per heavy atom. The average molecular weight is 438 g/mol. The van der Waals surface area contributed by atoms with Crippen LogP contribution in [0.3, 0.4) is 0 Å². The zero-order valence-electron chi connectivity index (χ0n) is 19.4. The SMILES string of the molecule is C[C@@H]1CCCN(c2ccc([C@@H](C)NC(=O)[C@H]3CCCN(Cc4ccc(F)cc4)C3)cc2)C1. The molecule has 0 aromatic heterocycles. The minimum absolute atomic E-state index is 0.000703. The van der Waals surface area contributed by atoms with Crippen LogP contribution in [0.4, 0.5) is 10.1 Å². The Morgan fingerprint density at radius 3 is 2.47 bits per heavy atom. The maximum absolute atomic E-state index is 13.2. The number of nitrogens with one attached hydrogen (secondary N) is 1. The molecule has 0 spiro atoms. The standard InChI is InChI=1S/C27H36FN3O/c1-20-5-3-16-31(17-20)26-13-9-23(10-14-26)21(2)29-27(32)24-6-4-15-30(19-24)18-22-7-11-25(28)12-8-22/h7-14,20-21,24H,3-6,15-19H2,1-2H3,(H,29,32)/t20-,21-,24+/m1/s1. The fourth-order valence-electron chi connectivity index (χ4n) is 5.07. The number of halogens is 1. The normalized spacial score (nSPS) is 23.0. The van der Waals surface area contributed by atoms with Crippen molar-refractivity contribution in [2.45, 2.75) is 52.1 Å². The van der Waals surface area contributed by atoms with Crippen molar-refractivity contribution in [3.05, 3.63) is 65.5 Å². The molecule has 2 aliphatic heterocycles. The highest BCUT2D eigenvalue weighted by molar-refractivity contribution is 5.79. The summed E-state index contributed by atoms with van der Waals surface area (Å²) in [6, 6.07) is 15.4. The smallest absolute Gasteiger partial charge is 0.224 e. The Kier molecular flexibility index (Phi) is 7.46. The molecule has 2 fully saturated rings. The van der Waals surface area contributed by atoms with Gasteiger partial charge in [-0.3, -0.25) is 9.69 Å². The molecule has 2 aromatic carbocycles. The summed E-state index contributed by atoms with van der Waals surface area (Å²) in [7, 11) is 0. The largest absolute Gasteiger partial charge is 0.371 e. The van der Waals surface area contributed by atoms with E-state index in [0.29, 0.717) is 0 Å². The van der Waals surface area contributed by atoms with E-state index in [4.69, 9.17) is 0 Å². The minimum atomic E-state index is -0.211. The zero-order chi connectivity index (χ0) is 22.5. The lowest BCUT2D eigenvalue weighted by atomic mass is 9.95. The molecule has 0 saturated carbocycles. The first-order valence-electron chi connectivity index (χ1n) is 12.1. The van der Waals surface area contributed by atoms with Crippen molar-refractivity contribution in [1.82, 2.24) is 10.2 Å². The molecule has 1 N–H and O–H groups in total. The molecule has 5 heteroatoms. The first kappa shape index (κ1) is 22.8. The van der Waals surface area contributed by atoms with Crippen molar-refractivity contribution >= 4 is 11.6 Å². The molecule has 2 aliphatic rings. The van der Waals surface area contributed by atoms with Gasteiger partial charge in [0.15, 0.2) is 0 Å². The van der Waals surface area contributed by atoms with Crippen molar-refractivity contribution in [1.29, 1.82) is 0 Å². The number of nitrogens with zero attached hydrogens (tertiary/aromatic N) is 2. The lowest BCUT2D eigenvalue weighted by Gasteiger charge is -2.33. The quantitative estimate of drug-likeness (QED) is 0.679. The lowest BCUT2D eigenvalue weighted by molar-refractivity contribution is -0.127. The molecular weight excluding hydrogens is 401 g/mol. The van der Waals surface area contributed by atoms with Crippen LogP contribution in [0.2, 0.25) is 0 Å². The van der Waals surface area contributed by atoms with Gasteiger partial charge < -0.3 is 10.2 Å². The summed E-state index contributed by atoms with van der Waals surface area (Å²) in [5, 5.41) is 3.24. The van der Waals surface area contributed by atoms with Crippen molar-refractivity contribution < 1.29 is 9.18 Å². The molecule has 0 radical (unpaired) electrons. The van der Waals surface area contributed by atoms with E-state index in [1.807, 2.05) is 12.1 Å². The maximum Gasteiger partial charge on any atom is 0.224 e. The van der Waals surface area contributed by atoms with Gasteiger partial charge in [-0.2, -0.15) is 0 Å². The first-order valence-corrected chi connectivity index (χ1v) is 12.1. The van der Waals surface area contributed by atoms with Crippen molar-refractivity contribution in [2.75, 3.05) is 31.1 Å². The van der Waals surface area contributed by atoms with Crippen molar-refractivity contribution in [2.24, 2.45) is 11.8 Å². The van der Waals surface area contributed by atoms with E-state index in [9.17, 15) is 9.18 Å². The monoisotopic (exact) mass is 437 g/mol. The third kappa shape index (κ3) is 5.89. The number of anilines is 1. The van der Waals surface area contributed by atoms with Gasteiger partial charge in [0, 0.05) is 31.9 Å². The predicted molar refractivity (Wildman–Crippen MR) is 128 cm³/mol.